The average Bonchev–Trinajstić information content (AvgIpc) is 3.37. The number of rotatable bonds is 5. The molecule has 0 amide bonds. The fourth-order valence-electron chi connectivity index (χ4n) is 4.24. The summed E-state index contributed by atoms with van der Waals surface area (Å²) in [6, 6.07) is 23.7. The highest BCUT2D eigenvalue weighted by Gasteiger charge is 2.13. The minimum Gasteiger partial charge on any atom is -0.380 e. The second-order valence-electron chi connectivity index (χ2n) is 8.51. The van der Waals surface area contributed by atoms with Gasteiger partial charge in [-0.1, -0.05) is 24.3 Å². The van der Waals surface area contributed by atoms with E-state index < -0.39 is 0 Å². The van der Waals surface area contributed by atoms with Gasteiger partial charge in [0.15, 0.2) is 0 Å². The van der Waals surface area contributed by atoms with Crippen LogP contribution in [0.1, 0.15) is 11.1 Å². The highest BCUT2D eigenvalue weighted by molar-refractivity contribution is 7.16. The van der Waals surface area contributed by atoms with Gasteiger partial charge in [0.2, 0.25) is 0 Å². The first kappa shape index (κ1) is 21.4. The van der Waals surface area contributed by atoms with Gasteiger partial charge in [0.05, 0.1) is 38.8 Å². The van der Waals surface area contributed by atoms with Crippen molar-refractivity contribution in [2.45, 2.75) is 13.5 Å². The zero-order valence-corrected chi connectivity index (χ0v) is 19.8. The van der Waals surface area contributed by atoms with E-state index in [-0.39, 0.29) is 5.82 Å². The minimum absolute atomic E-state index is 0.219. The van der Waals surface area contributed by atoms with Gasteiger partial charge in [0, 0.05) is 29.3 Å². The summed E-state index contributed by atoms with van der Waals surface area (Å²) in [6.45, 7) is 2.40. The highest BCUT2D eigenvalue weighted by Crippen LogP contribution is 2.35. The summed E-state index contributed by atoms with van der Waals surface area (Å²) in [7, 11) is 0. The van der Waals surface area contributed by atoms with E-state index in [0.29, 0.717) is 12.1 Å². The van der Waals surface area contributed by atoms with Gasteiger partial charge < -0.3 is 5.32 Å². The molecule has 0 aliphatic heterocycles. The first-order chi connectivity index (χ1) is 17.1. The summed E-state index contributed by atoms with van der Waals surface area (Å²) in [5, 5.41) is 4.61. The molecule has 0 spiro atoms. The van der Waals surface area contributed by atoms with Gasteiger partial charge in [-0.3, -0.25) is 9.97 Å². The predicted octanol–water partition coefficient (Wildman–Crippen LogP) is 7.63. The Kier molecular flexibility index (Phi) is 5.43. The number of para-hydroxylation sites is 1. The molecule has 0 bridgehead atoms. The molecule has 3 aromatic heterocycles. The number of aromatic nitrogens is 3. The van der Waals surface area contributed by atoms with Crippen LogP contribution in [-0.4, -0.2) is 15.0 Å². The second-order valence-corrected chi connectivity index (χ2v) is 9.40. The van der Waals surface area contributed by atoms with Crippen molar-refractivity contribution in [1.29, 1.82) is 0 Å². The molecule has 0 saturated carbocycles. The fourth-order valence-corrected chi connectivity index (χ4v) is 4.96. The number of fused-ring (bicyclic) bond motifs is 2. The smallest absolute Gasteiger partial charge is 0.126 e. The van der Waals surface area contributed by atoms with Crippen LogP contribution in [0.4, 0.5) is 10.1 Å². The SMILES string of the molecule is Cc1cc(-c2ncc(NCc3cnc4ccccc4c3)cc2-c2ccc3ncsc3c2)ccc1F. The molecule has 0 atom stereocenters. The van der Waals surface area contributed by atoms with Crippen LogP contribution in [0.25, 0.3) is 43.5 Å². The molecule has 4 nitrogen and oxygen atoms in total. The van der Waals surface area contributed by atoms with Gasteiger partial charge in [-0.15, -0.1) is 11.3 Å². The first-order valence-corrected chi connectivity index (χ1v) is 12.2. The molecule has 170 valence electrons. The topological polar surface area (TPSA) is 50.7 Å². The number of anilines is 1. The van der Waals surface area contributed by atoms with Crippen LogP contribution in [0.15, 0.2) is 90.7 Å². The summed E-state index contributed by atoms with van der Waals surface area (Å²) in [4.78, 5) is 13.8. The van der Waals surface area contributed by atoms with Crippen LogP contribution < -0.4 is 5.32 Å². The zero-order chi connectivity index (χ0) is 23.8. The van der Waals surface area contributed by atoms with Crippen molar-refractivity contribution in [3.63, 3.8) is 0 Å². The van der Waals surface area contributed by atoms with Crippen molar-refractivity contribution >= 4 is 38.1 Å². The molecular formula is C29H21FN4S. The van der Waals surface area contributed by atoms with E-state index in [1.54, 1.807) is 24.3 Å². The monoisotopic (exact) mass is 476 g/mol. The molecular weight excluding hydrogens is 455 g/mol. The summed E-state index contributed by atoms with van der Waals surface area (Å²) in [6.07, 6.45) is 3.73. The van der Waals surface area contributed by atoms with Crippen LogP contribution in [0.3, 0.4) is 0 Å². The largest absolute Gasteiger partial charge is 0.380 e. The Labute approximate surface area is 206 Å². The van der Waals surface area contributed by atoms with Crippen LogP contribution in [0, 0.1) is 12.7 Å². The van der Waals surface area contributed by atoms with Crippen molar-refractivity contribution < 1.29 is 4.39 Å². The standard InChI is InChI=1S/C29H21FN4S/c1-18-10-22(6-8-25(18)30)29-24(20-7-9-27-28(12-20)35-17-34-27)13-23(16-33-29)31-14-19-11-21-4-2-3-5-26(21)32-15-19/h2-13,15-17,31H,14H2,1H3. The summed E-state index contributed by atoms with van der Waals surface area (Å²) >= 11 is 1.61. The molecule has 0 aliphatic carbocycles. The van der Waals surface area contributed by atoms with Crippen molar-refractivity contribution in [2.75, 3.05) is 5.32 Å². The number of hydrogen-bond acceptors (Lipinski definition) is 5. The minimum atomic E-state index is -0.219. The molecule has 0 unspecified atom stereocenters. The Morgan fingerprint density at radius 1 is 0.829 bits per heavy atom. The normalized spacial score (nSPS) is 11.3. The zero-order valence-electron chi connectivity index (χ0n) is 19.0. The Balaban J connectivity index is 1.38. The summed E-state index contributed by atoms with van der Waals surface area (Å²) in [5.41, 5.74) is 10.1. The van der Waals surface area contributed by atoms with Gasteiger partial charge in [0.1, 0.15) is 5.82 Å². The van der Waals surface area contributed by atoms with E-state index in [0.717, 1.165) is 54.8 Å². The number of hydrogen-bond donors (Lipinski definition) is 1. The van der Waals surface area contributed by atoms with E-state index in [1.165, 1.54) is 6.07 Å². The first-order valence-electron chi connectivity index (χ1n) is 11.3. The van der Waals surface area contributed by atoms with Crippen LogP contribution in [-0.2, 0) is 6.54 Å². The third kappa shape index (κ3) is 4.24. The maximum absolute atomic E-state index is 14.0. The van der Waals surface area contributed by atoms with E-state index in [4.69, 9.17) is 4.98 Å². The molecule has 3 heterocycles. The highest BCUT2D eigenvalue weighted by atomic mass is 32.1. The lowest BCUT2D eigenvalue weighted by molar-refractivity contribution is 0.619. The Morgan fingerprint density at radius 3 is 2.63 bits per heavy atom. The van der Waals surface area contributed by atoms with Crippen molar-refractivity contribution in [3.8, 4) is 22.4 Å². The van der Waals surface area contributed by atoms with Crippen LogP contribution in [0.5, 0.6) is 0 Å². The number of aryl methyl sites for hydroxylation is 1. The van der Waals surface area contributed by atoms with Crippen molar-refractivity contribution in [1.82, 2.24) is 15.0 Å². The predicted molar refractivity (Wildman–Crippen MR) is 142 cm³/mol. The third-order valence-electron chi connectivity index (χ3n) is 6.11. The lowest BCUT2D eigenvalue weighted by Crippen LogP contribution is -2.02. The van der Waals surface area contributed by atoms with E-state index in [9.17, 15) is 4.39 Å². The Morgan fingerprint density at radius 2 is 1.71 bits per heavy atom. The third-order valence-corrected chi connectivity index (χ3v) is 6.90. The van der Waals surface area contributed by atoms with E-state index in [2.05, 4.69) is 45.6 Å². The number of pyridine rings is 2. The molecule has 1 N–H and O–H groups in total. The molecule has 35 heavy (non-hydrogen) atoms. The lowest BCUT2D eigenvalue weighted by Gasteiger charge is -2.14. The molecule has 0 saturated heterocycles. The number of nitrogens with zero attached hydrogens (tertiary/aromatic N) is 3. The molecule has 3 aromatic carbocycles. The molecule has 0 radical (unpaired) electrons. The lowest BCUT2D eigenvalue weighted by atomic mass is 9.97. The molecule has 0 aliphatic rings. The molecule has 6 heteroatoms. The molecule has 0 fully saturated rings. The van der Waals surface area contributed by atoms with Gasteiger partial charge in [0.25, 0.3) is 0 Å². The van der Waals surface area contributed by atoms with Crippen molar-refractivity contribution in [3.05, 3.63) is 108 Å². The van der Waals surface area contributed by atoms with Gasteiger partial charge in [-0.05, 0) is 72.1 Å². The van der Waals surface area contributed by atoms with Gasteiger partial charge in [-0.25, -0.2) is 9.37 Å². The maximum atomic E-state index is 14.0. The van der Waals surface area contributed by atoms with Gasteiger partial charge >= 0.3 is 0 Å². The molecule has 6 aromatic rings. The van der Waals surface area contributed by atoms with Crippen LogP contribution in [0.2, 0.25) is 0 Å². The van der Waals surface area contributed by atoms with Crippen molar-refractivity contribution in [2.24, 2.45) is 0 Å². The molecule has 6 rings (SSSR count). The fraction of sp³-hybridized carbons (Fsp3) is 0.0690. The van der Waals surface area contributed by atoms with Crippen LogP contribution >= 0.6 is 11.3 Å². The maximum Gasteiger partial charge on any atom is 0.126 e. The number of halogens is 1. The Hall–Kier alpha value is -4.16. The summed E-state index contributed by atoms with van der Waals surface area (Å²) in [5.74, 6) is -0.219. The quantitative estimate of drug-likeness (QED) is 0.278. The Bertz CT molecular complexity index is 1690. The van der Waals surface area contributed by atoms with E-state index in [1.807, 2.05) is 48.2 Å². The average molecular weight is 477 g/mol. The van der Waals surface area contributed by atoms with E-state index >= 15 is 0 Å². The second kappa shape index (κ2) is 8.89. The summed E-state index contributed by atoms with van der Waals surface area (Å²) < 4.78 is 15.1. The number of benzene rings is 3. The number of nitrogens with one attached hydrogen (secondary N) is 1. The number of thiazole rings is 1. The van der Waals surface area contributed by atoms with Gasteiger partial charge in [-0.2, -0.15) is 0 Å².